The van der Waals surface area contributed by atoms with Crippen LogP contribution in [0.4, 0.5) is 13.2 Å². The molecule has 3 fully saturated rings. The number of nitrogens with zero attached hydrogens (tertiary/aromatic N) is 1. The molecule has 2 bridgehead atoms. The number of hydrogen-bond acceptors (Lipinski definition) is 5. The van der Waals surface area contributed by atoms with Crippen molar-refractivity contribution in [1.82, 2.24) is 15.6 Å². The summed E-state index contributed by atoms with van der Waals surface area (Å²) in [5.41, 5.74) is -0.595. The number of hydrogen-bond donors (Lipinski definition) is 2. The van der Waals surface area contributed by atoms with Crippen LogP contribution in [0.2, 0.25) is 5.02 Å². The van der Waals surface area contributed by atoms with Gasteiger partial charge in [-0.15, -0.1) is 0 Å². The number of benzene rings is 1. The molecule has 164 valence electrons. The maximum atomic E-state index is 13.4. The molecule has 31 heavy (non-hydrogen) atoms. The summed E-state index contributed by atoms with van der Waals surface area (Å²) >= 11 is 5.60. The highest BCUT2D eigenvalue weighted by Gasteiger charge is 2.69. The molecule has 0 atom stereocenters. The average Bonchev–Trinajstić information content (AvgIpc) is 2.66. The van der Waals surface area contributed by atoms with E-state index in [1.54, 1.807) is 0 Å². The lowest BCUT2D eigenvalue weighted by Gasteiger charge is -2.70. The van der Waals surface area contributed by atoms with Crippen LogP contribution in [0, 0.1) is 5.82 Å². The molecule has 0 aliphatic heterocycles. The zero-order valence-electron chi connectivity index (χ0n) is 16.0. The van der Waals surface area contributed by atoms with Crippen molar-refractivity contribution in [3.05, 3.63) is 52.9 Å². The summed E-state index contributed by atoms with van der Waals surface area (Å²) in [5, 5.41) is 5.75. The zero-order valence-corrected chi connectivity index (χ0v) is 16.7. The lowest BCUT2D eigenvalue weighted by atomic mass is 9.44. The van der Waals surface area contributed by atoms with Crippen LogP contribution in [0.15, 0.2) is 36.5 Å². The Bertz CT molecular complexity index is 999. The maximum Gasteiger partial charge on any atom is 0.388 e. The molecule has 1 heterocycles. The molecule has 5 rings (SSSR count). The first kappa shape index (κ1) is 21.2. The fourth-order valence-electron chi connectivity index (χ4n) is 4.09. The predicted octanol–water partition coefficient (Wildman–Crippen LogP) is 3.08. The number of amides is 2. The summed E-state index contributed by atoms with van der Waals surface area (Å²) < 4.78 is 47.1. The Balaban J connectivity index is 1.22. The third-order valence-corrected chi connectivity index (χ3v) is 5.59. The normalized spacial score (nSPS) is 23.4. The molecule has 0 spiro atoms. The van der Waals surface area contributed by atoms with Gasteiger partial charge in [-0.25, -0.2) is 9.37 Å². The summed E-state index contributed by atoms with van der Waals surface area (Å²) in [6.45, 7) is -3.27. The maximum absolute atomic E-state index is 13.4. The number of carbonyl (C=O) groups excluding carboxylic acids is 2. The minimum absolute atomic E-state index is 0.0359. The van der Waals surface area contributed by atoms with Crippen molar-refractivity contribution in [2.75, 3.05) is 6.61 Å². The van der Waals surface area contributed by atoms with E-state index in [1.807, 2.05) is 0 Å². The number of nitrogens with one attached hydrogen (secondary N) is 2. The molecule has 0 saturated heterocycles. The molecule has 2 amide bonds. The van der Waals surface area contributed by atoms with Crippen LogP contribution in [-0.2, 0) is 4.79 Å². The van der Waals surface area contributed by atoms with Crippen LogP contribution in [-0.4, -0.2) is 41.1 Å². The molecule has 7 nitrogen and oxygen atoms in total. The number of carbonyl (C=O) groups is 2. The smallest absolute Gasteiger partial charge is 0.388 e. The Morgan fingerprint density at radius 1 is 1.13 bits per heavy atom. The van der Waals surface area contributed by atoms with E-state index >= 15 is 0 Å². The second kappa shape index (κ2) is 7.92. The van der Waals surface area contributed by atoms with Gasteiger partial charge in [-0.1, -0.05) is 11.6 Å². The van der Waals surface area contributed by atoms with Gasteiger partial charge in [0.1, 0.15) is 11.6 Å². The van der Waals surface area contributed by atoms with E-state index in [1.165, 1.54) is 24.3 Å². The molecule has 3 saturated carbocycles. The Morgan fingerprint density at radius 3 is 2.45 bits per heavy atom. The van der Waals surface area contributed by atoms with Crippen LogP contribution in [0.5, 0.6) is 11.6 Å². The second-order valence-corrected chi connectivity index (χ2v) is 8.13. The molecule has 1 aromatic heterocycles. The van der Waals surface area contributed by atoms with Crippen molar-refractivity contribution in [2.24, 2.45) is 0 Å². The molecule has 3 aliphatic rings. The Labute approximate surface area is 179 Å². The Morgan fingerprint density at radius 2 is 1.84 bits per heavy atom. The number of rotatable bonds is 8. The van der Waals surface area contributed by atoms with E-state index in [0.717, 1.165) is 12.3 Å². The molecule has 3 aliphatic carbocycles. The van der Waals surface area contributed by atoms with Gasteiger partial charge in [0.25, 0.3) is 11.8 Å². The summed E-state index contributed by atoms with van der Waals surface area (Å²) in [5.74, 6) is -1.46. The third kappa shape index (κ3) is 4.53. The van der Waals surface area contributed by atoms with Gasteiger partial charge < -0.3 is 20.1 Å². The lowest BCUT2D eigenvalue weighted by Crippen LogP contribution is -2.84. The Kier molecular flexibility index (Phi) is 5.42. The topological polar surface area (TPSA) is 89.6 Å². The van der Waals surface area contributed by atoms with Crippen molar-refractivity contribution in [3.63, 3.8) is 0 Å². The molecule has 2 aromatic rings. The highest BCUT2D eigenvalue weighted by molar-refractivity contribution is 6.30. The van der Waals surface area contributed by atoms with Crippen LogP contribution in [0.1, 0.15) is 29.6 Å². The molecular weight excluding hydrogens is 439 g/mol. The van der Waals surface area contributed by atoms with Crippen molar-refractivity contribution >= 4 is 23.4 Å². The fourth-order valence-corrected chi connectivity index (χ4v) is 4.21. The zero-order chi connectivity index (χ0) is 22.2. The standard InChI is InChI=1S/C20H17ClF3N3O4/c21-13-3-2-12(5-14(13)22)30-7-15(28)26-19-8-20(9-19,10-19)27-17(29)11-1-4-16(25-6-11)31-18(23)24/h1-6,18H,7-10H2,(H,26,28)(H,27,29). The Hall–Kier alpha value is -3.01. The SMILES string of the molecule is O=C(COc1ccc(Cl)c(F)c1)NC12CC(NC(=O)c3ccc(OC(F)F)nc3)(C1)C2. The second-order valence-electron chi connectivity index (χ2n) is 7.72. The molecule has 0 unspecified atom stereocenters. The van der Waals surface area contributed by atoms with Gasteiger partial charge in [0.05, 0.1) is 10.6 Å². The van der Waals surface area contributed by atoms with Gasteiger partial charge in [-0.2, -0.15) is 8.78 Å². The lowest BCUT2D eigenvalue weighted by molar-refractivity contribution is -0.141. The van der Waals surface area contributed by atoms with E-state index in [0.29, 0.717) is 19.3 Å². The fraction of sp³-hybridized carbons (Fsp3) is 0.350. The van der Waals surface area contributed by atoms with Gasteiger partial charge >= 0.3 is 6.61 Å². The third-order valence-electron chi connectivity index (χ3n) is 5.28. The molecule has 11 heteroatoms. The van der Waals surface area contributed by atoms with Crippen LogP contribution in [0.25, 0.3) is 0 Å². The van der Waals surface area contributed by atoms with E-state index in [9.17, 15) is 22.8 Å². The van der Waals surface area contributed by atoms with Gasteiger partial charge in [0.15, 0.2) is 6.61 Å². The molecule has 1 aromatic carbocycles. The first-order valence-corrected chi connectivity index (χ1v) is 9.68. The minimum atomic E-state index is -2.99. The van der Waals surface area contributed by atoms with Crippen LogP contribution < -0.4 is 20.1 Å². The van der Waals surface area contributed by atoms with E-state index in [2.05, 4.69) is 20.4 Å². The number of pyridine rings is 1. The first-order chi connectivity index (χ1) is 14.7. The quantitative estimate of drug-likeness (QED) is 0.638. The number of aromatic nitrogens is 1. The predicted molar refractivity (Wildman–Crippen MR) is 103 cm³/mol. The highest BCUT2D eigenvalue weighted by atomic mass is 35.5. The van der Waals surface area contributed by atoms with E-state index < -0.39 is 23.5 Å². The van der Waals surface area contributed by atoms with Crippen molar-refractivity contribution in [3.8, 4) is 11.6 Å². The summed E-state index contributed by atoms with van der Waals surface area (Å²) in [7, 11) is 0. The van der Waals surface area contributed by atoms with E-state index in [-0.39, 0.29) is 40.6 Å². The number of alkyl halides is 2. The molecular formula is C20H17ClF3N3O4. The summed E-state index contributed by atoms with van der Waals surface area (Å²) in [6, 6.07) is 6.44. The largest absolute Gasteiger partial charge is 0.484 e. The van der Waals surface area contributed by atoms with Gasteiger partial charge in [-0.05, 0) is 37.5 Å². The van der Waals surface area contributed by atoms with Gasteiger partial charge in [0.2, 0.25) is 5.88 Å². The van der Waals surface area contributed by atoms with Gasteiger partial charge in [-0.3, -0.25) is 9.59 Å². The highest BCUT2D eigenvalue weighted by Crippen LogP contribution is 2.60. The van der Waals surface area contributed by atoms with Crippen molar-refractivity contribution in [1.29, 1.82) is 0 Å². The average molecular weight is 456 g/mol. The first-order valence-electron chi connectivity index (χ1n) is 9.30. The van der Waals surface area contributed by atoms with E-state index in [4.69, 9.17) is 16.3 Å². The number of ether oxygens (including phenoxy) is 2. The minimum Gasteiger partial charge on any atom is -0.484 e. The van der Waals surface area contributed by atoms with Crippen molar-refractivity contribution < 1.29 is 32.2 Å². The monoisotopic (exact) mass is 455 g/mol. The van der Waals surface area contributed by atoms with Crippen LogP contribution >= 0.6 is 11.6 Å². The van der Waals surface area contributed by atoms with Crippen molar-refractivity contribution in [2.45, 2.75) is 37.0 Å². The molecule has 2 N–H and O–H groups in total. The molecule has 0 radical (unpaired) electrons. The van der Waals surface area contributed by atoms with Crippen LogP contribution in [0.3, 0.4) is 0 Å². The van der Waals surface area contributed by atoms with Gasteiger partial charge in [0, 0.05) is 29.4 Å². The number of halogens is 4. The summed E-state index contributed by atoms with van der Waals surface area (Å²) in [6.07, 6.45) is 2.85. The summed E-state index contributed by atoms with van der Waals surface area (Å²) in [4.78, 5) is 28.2.